The Morgan fingerprint density at radius 1 is 1.31 bits per heavy atom. The van der Waals surface area contributed by atoms with Crippen LogP contribution in [0, 0.1) is 12.3 Å². The summed E-state index contributed by atoms with van der Waals surface area (Å²) in [4.78, 5) is 0. The van der Waals surface area contributed by atoms with Crippen LogP contribution in [0.15, 0.2) is 30.3 Å². The molecule has 0 bridgehead atoms. The van der Waals surface area contributed by atoms with Gasteiger partial charge in [-0.3, -0.25) is 0 Å². The van der Waals surface area contributed by atoms with Crippen molar-refractivity contribution >= 4 is 0 Å². The summed E-state index contributed by atoms with van der Waals surface area (Å²) < 4.78 is 0. The van der Waals surface area contributed by atoms with Crippen molar-refractivity contribution in [3.63, 3.8) is 0 Å². The molecule has 86 valence electrons. The highest BCUT2D eigenvalue weighted by Gasteiger charge is 2.29. The third kappa shape index (κ3) is 2.87. The van der Waals surface area contributed by atoms with Gasteiger partial charge >= 0.3 is 0 Å². The van der Waals surface area contributed by atoms with Crippen LogP contribution in [0.25, 0.3) is 0 Å². The summed E-state index contributed by atoms with van der Waals surface area (Å²) in [6.45, 7) is 7.49. The Balaban J connectivity index is 2.87. The van der Waals surface area contributed by atoms with Gasteiger partial charge in [0, 0.05) is 5.41 Å². The number of hydrogen-bond acceptors (Lipinski definition) is 1. The molecule has 1 atom stereocenters. The fraction of sp³-hybridized carbons (Fsp3) is 0.467. The number of terminal acetylenes is 1. The Kier molecular flexibility index (Phi) is 4.58. The van der Waals surface area contributed by atoms with Crippen molar-refractivity contribution in [1.82, 2.24) is 5.32 Å². The van der Waals surface area contributed by atoms with Gasteiger partial charge in [-0.25, -0.2) is 0 Å². The normalized spacial score (nSPS) is 13.1. The summed E-state index contributed by atoms with van der Waals surface area (Å²) in [7, 11) is 0. The number of nitrogens with one attached hydrogen (secondary N) is 1. The maximum Gasteiger partial charge on any atom is 0.0779 e. The van der Waals surface area contributed by atoms with E-state index in [1.54, 1.807) is 0 Å². The van der Waals surface area contributed by atoms with E-state index in [9.17, 15) is 0 Å². The standard InChI is InChI=1S/C15H21N/c1-5-12-16-14(6-2)15(3,4)13-10-8-7-9-11-13/h2,7-11,14,16H,5,12H2,1,3-4H3. The molecule has 1 heteroatoms. The molecule has 1 rings (SSSR count). The first-order valence-corrected chi connectivity index (χ1v) is 5.88. The smallest absolute Gasteiger partial charge is 0.0779 e. The molecule has 0 aliphatic carbocycles. The van der Waals surface area contributed by atoms with E-state index >= 15 is 0 Å². The minimum Gasteiger partial charge on any atom is -0.303 e. The third-order valence-electron chi connectivity index (χ3n) is 3.00. The first kappa shape index (κ1) is 12.8. The van der Waals surface area contributed by atoms with Gasteiger partial charge in [-0.05, 0) is 18.5 Å². The molecule has 0 aliphatic heterocycles. The van der Waals surface area contributed by atoms with Crippen molar-refractivity contribution in [3.05, 3.63) is 35.9 Å². The first-order valence-electron chi connectivity index (χ1n) is 5.88. The highest BCUT2D eigenvalue weighted by Crippen LogP contribution is 2.26. The average molecular weight is 215 g/mol. The van der Waals surface area contributed by atoms with Crippen LogP contribution >= 0.6 is 0 Å². The lowest BCUT2D eigenvalue weighted by Gasteiger charge is -2.32. The second-order valence-corrected chi connectivity index (χ2v) is 4.64. The SMILES string of the molecule is C#CC(NCCC)C(C)(C)c1ccccc1. The molecule has 0 aliphatic rings. The molecule has 0 fully saturated rings. The third-order valence-corrected chi connectivity index (χ3v) is 3.00. The Hall–Kier alpha value is -1.26. The van der Waals surface area contributed by atoms with Gasteiger partial charge in [0.15, 0.2) is 0 Å². The Labute approximate surface area is 99.3 Å². The molecule has 0 heterocycles. The monoisotopic (exact) mass is 215 g/mol. The summed E-state index contributed by atoms with van der Waals surface area (Å²) in [5, 5.41) is 3.42. The molecule has 0 saturated heterocycles. The summed E-state index contributed by atoms with van der Waals surface area (Å²) in [6.07, 6.45) is 6.72. The second-order valence-electron chi connectivity index (χ2n) is 4.64. The summed E-state index contributed by atoms with van der Waals surface area (Å²) in [5.74, 6) is 2.86. The van der Waals surface area contributed by atoms with Crippen molar-refractivity contribution in [1.29, 1.82) is 0 Å². The molecule has 0 saturated carbocycles. The second kappa shape index (κ2) is 5.72. The van der Waals surface area contributed by atoms with Crippen molar-refractivity contribution in [2.75, 3.05) is 6.54 Å². The van der Waals surface area contributed by atoms with E-state index in [-0.39, 0.29) is 11.5 Å². The van der Waals surface area contributed by atoms with Crippen LogP contribution < -0.4 is 5.32 Å². The molecular weight excluding hydrogens is 194 g/mol. The van der Waals surface area contributed by atoms with Gasteiger partial charge in [0.1, 0.15) is 0 Å². The summed E-state index contributed by atoms with van der Waals surface area (Å²) in [6, 6.07) is 10.5. The molecule has 0 radical (unpaired) electrons. The Bertz CT molecular complexity index is 345. The lowest BCUT2D eigenvalue weighted by atomic mass is 9.78. The Morgan fingerprint density at radius 3 is 2.44 bits per heavy atom. The maximum atomic E-state index is 5.62. The molecule has 16 heavy (non-hydrogen) atoms. The lowest BCUT2D eigenvalue weighted by molar-refractivity contribution is 0.404. The zero-order valence-electron chi connectivity index (χ0n) is 10.5. The molecule has 1 N–H and O–H groups in total. The van der Waals surface area contributed by atoms with Crippen LogP contribution in [-0.4, -0.2) is 12.6 Å². The van der Waals surface area contributed by atoms with Crippen molar-refractivity contribution in [3.8, 4) is 12.3 Å². The van der Waals surface area contributed by atoms with Gasteiger partial charge in [-0.1, -0.05) is 57.0 Å². The van der Waals surface area contributed by atoms with Crippen molar-refractivity contribution < 1.29 is 0 Å². The van der Waals surface area contributed by atoms with E-state index in [0.29, 0.717) is 0 Å². The molecule has 1 aromatic rings. The van der Waals surface area contributed by atoms with Crippen LogP contribution in [0.1, 0.15) is 32.8 Å². The maximum absolute atomic E-state index is 5.62. The number of hydrogen-bond donors (Lipinski definition) is 1. The molecule has 1 aromatic carbocycles. The first-order chi connectivity index (χ1) is 7.62. The summed E-state index contributed by atoms with van der Waals surface area (Å²) >= 11 is 0. The zero-order valence-corrected chi connectivity index (χ0v) is 10.5. The molecule has 1 nitrogen and oxygen atoms in total. The fourth-order valence-electron chi connectivity index (χ4n) is 1.85. The average Bonchev–Trinajstić information content (AvgIpc) is 2.31. The van der Waals surface area contributed by atoms with E-state index in [4.69, 9.17) is 6.42 Å². The van der Waals surface area contributed by atoms with E-state index in [2.05, 4.69) is 56.3 Å². The van der Waals surface area contributed by atoms with Gasteiger partial charge in [-0.2, -0.15) is 0 Å². The highest BCUT2D eigenvalue weighted by molar-refractivity contribution is 5.29. The highest BCUT2D eigenvalue weighted by atomic mass is 14.9. The van der Waals surface area contributed by atoms with E-state index < -0.39 is 0 Å². The predicted octanol–water partition coefficient (Wildman–Crippen LogP) is 2.97. The van der Waals surface area contributed by atoms with Gasteiger partial charge in [0.25, 0.3) is 0 Å². The molecular formula is C15H21N. The van der Waals surface area contributed by atoms with Gasteiger partial charge in [0.2, 0.25) is 0 Å². The molecule has 0 aromatic heterocycles. The van der Waals surface area contributed by atoms with Crippen LogP contribution in [-0.2, 0) is 5.41 Å². The van der Waals surface area contributed by atoms with E-state index in [0.717, 1.165) is 13.0 Å². The van der Waals surface area contributed by atoms with Crippen molar-refractivity contribution in [2.45, 2.75) is 38.6 Å². The largest absolute Gasteiger partial charge is 0.303 e. The van der Waals surface area contributed by atoms with Gasteiger partial charge < -0.3 is 5.32 Å². The van der Waals surface area contributed by atoms with Crippen LogP contribution in [0.5, 0.6) is 0 Å². The lowest BCUT2D eigenvalue weighted by Crippen LogP contribution is -2.44. The van der Waals surface area contributed by atoms with E-state index in [1.807, 2.05) is 6.07 Å². The van der Waals surface area contributed by atoms with Crippen LogP contribution in [0.4, 0.5) is 0 Å². The molecule has 0 amide bonds. The minimum atomic E-state index is -0.0365. The Morgan fingerprint density at radius 2 is 1.94 bits per heavy atom. The number of rotatable bonds is 5. The van der Waals surface area contributed by atoms with Crippen LogP contribution in [0.2, 0.25) is 0 Å². The zero-order chi connectivity index (χ0) is 12.0. The van der Waals surface area contributed by atoms with E-state index in [1.165, 1.54) is 5.56 Å². The minimum absolute atomic E-state index is 0.0365. The van der Waals surface area contributed by atoms with Crippen molar-refractivity contribution in [2.24, 2.45) is 0 Å². The fourth-order valence-corrected chi connectivity index (χ4v) is 1.85. The topological polar surface area (TPSA) is 12.0 Å². The van der Waals surface area contributed by atoms with Gasteiger partial charge in [0.05, 0.1) is 6.04 Å². The molecule has 1 unspecified atom stereocenters. The summed E-state index contributed by atoms with van der Waals surface area (Å²) in [5.41, 5.74) is 1.24. The molecule has 0 spiro atoms. The number of benzene rings is 1. The predicted molar refractivity (Wildman–Crippen MR) is 70.4 cm³/mol. The van der Waals surface area contributed by atoms with Crippen LogP contribution in [0.3, 0.4) is 0 Å². The van der Waals surface area contributed by atoms with Gasteiger partial charge in [-0.15, -0.1) is 6.42 Å². The quantitative estimate of drug-likeness (QED) is 0.745.